The summed E-state index contributed by atoms with van der Waals surface area (Å²) in [6.07, 6.45) is 1.55. The summed E-state index contributed by atoms with van der Waals surface area (Å²) in [7, 11) is 0. The molecule has 0 aliphatic heterocycles. The first kappa shape index (κ1) is 11.4. The van der Waals surface area contributed by atoms with E-state index in [1.807, 2.05) is 18.2 Å². The van der Waals surface area contributed by atoms with Gasteiger partial charge in [-0.3, -0.25) is 4.79 Å². The second-order valence-corrected chi connectivity index (χ2v) is 4.62. The van der Waals surface area contributed by atoms with Crippen LogP contribution in [0.5, 0.6) is 0 Å². The van der Waals surface area contributed by atoms with E-state index in [-0.39, 0.29) is 12.5 Å². The van der Waals surface area contributed by atoms with Gasteiger partial charge in [0.05, 0.1) is 12.0 Å². The van der Waals surface area contributed by atoms with Crippen molar-refractivity contribution in [1.82, 2.24) is 5.32 Å². The lowest BCUT2D eigenvalue weighted by Crippen LogP contribution is -2.33. The zero-order valence-corrected chi connectivity index (χ0v) is 9.63. The number of rotatable bonds is 4. The molecule has 1 saturated carbocycles. The molecule has 2 rings (SSSR count). The molecule has 1 aromatic rings. The van der Waals surface area contributed by atoms with Gasteiger partial charge in [-0.25, -0.2) is 0 Å². The number of nitrogens with one attached hydrogen (secondary N) is 1. The third-order valence-corrected chi connectivity index (χ3v) is 3.40. The second kappa shape index (κ2) is 4.44. The van der Waals surface area contributed by atoms with Crippen LogP contribution in [0.15, 0.2) is 24.3 Å². The molecule has 0 atom stereocenters. The molecule has 0 unspecified atom stereocenters. The maximum Gasteiger partial charge on any atom is 0.228 e. The van der Waals surface area contributed by atoms with E-state index in [0.717, 1.165) is 18.4 Å². The van der Waals surface area contributed by atoms with Crippen molar-refractivity contribution in [3.05, 3.63) is 34.9 Å². The van der Waals surface area contributed by atoms with E-state index in [2.05, 4.69) is 5.32 Å². The van der Waals surface area contributed by atoms with Gasteiger partial charge < -0.3 is 10.4 Å². The van der Waals surface area contributed by atoms with Crippen LogP contribution in [0.4, 0.5) is 0 Å². The molecule has 3 nitrogen and oxygen atoms in total. The quantitative estimate of drug-likeness (QED) is 0.841. The topological polar surface area (TPSA) is 49.3 Å². The van der Waals surface area contributed by atoms with Crippen molar-refractivity contribution in [3.63, 3.8) is 0 Å². The summed E-state index contributed by atoms with van der Waals surface area (Å²) in [6.45, 7) is 0.349. The van der Waals surface area contributed by atoms with Gasteiger partial charge in [-0.15, -0.1) is 0 Å². The van der Waals surface area contributed by atoms with Crippen LogP contribution in [0.3, 0.4) is 0 Å². The van der Waals surface area contributed by atoms with Crippen molar-refractivity contribution in [2.24, 2.45) is 5.41 Å². The van der Waals surface area contributed by atoms with E-state index in [0.29, 0.717) is 11.6 Å². The van der Waals surface area contributed by atoms with Gasteiger partial charge in [0.1, 0.15) is 0 Å². The predicted octanol–water partition coefficient (Wildman–Crippen LogP) is 1.73. The lowest BCUT2D eigenvalue weighted by molar-refractivity contribution is -0.127. The van der Waals surface area contributed by atoms with Crippen molar-refractivity contribution in [3.8, 4) is 0 Å². The lowest BCUT2D eigenvalue weighted by atomic mass is 10.1. The molecule has 2 N–H and O–H groups in total. The standard InChI is InChI=1S/C12H14ClNO2/c13-10-4-2-1-3-9(10)7-14-11(16)12(8-15)5-6-12/h1-4,15H,5-8H2,(H,14,16). The van der Waals surface area contributed by atoms with Gasteiger partial charge in [0.25, 0.3) is 0 Å². The van der Waals surface area contributed by atoms with Gasteiger partial charge >= 0.3 is 0 Å². The van der Waals surface area contributed by atoms with Crippen LogP contribution in [0.25, 0.3) is 0 Å². The number of benzene rings is 1. The normalized spacial score (nSPS) is 16.9. The van der Waals surface area contributed by atoms with Crippen LogP contribution in [-0.4, -0.2) is 17.6 Å². The molecule has 1 fully saturated rings. The maximum absolute atomic E-state index is 11.7. The van der Waals surface area contributed by atoms with Gasteiger partial charge in [0.2, 0.25) is 5.91 Å². The summed E-state index contributed by atoms with van der Waals surface area (Å²) in [4.78, 5) is 11.7. The number of aliphatic hydroxyl groups is 1. The van der Waals surface area contributed by atoms with Crippen molar-refractivity contribution in [2.45, 2.75) is 19.4 Å². The van der Waals surface area contributed by atoms with Gasteiger partial charge in [-0.1, -0.05) is 29.8 Å². The summed E-state index contributed by atoms with van der Waals surface area (Å²) >= 11 is 5.97. The van der Waals surface area contributed by atoms with Crippen LogP contribution in [0.2, 0.25) is 5.02 Å². The Balaban J connectivity index is 1.93. The molecule has 1 aliphatic rings. The zero-order chi connectivity index (χ0) is 11.6. The average Bonchev–Trinajstić information content (AvgIpc) is 3.08. The molecular weight excluding hydrogens is 226 g/mol. The summed E-state index contributed by atoms with van der Waals surface area (Å²) in [5.74, 6) is -0.0741. The molecule has 1 aromatic carbocycles. The molecule has 1 aliphatic carbocycles. The van der Waals surface area contributed by atoms with E-state index in [4.69, 9.17) is 16.7 Å². The SMILES string of the molecule is O=C(NCc1ccccc1Cl)C1(CO)CC1. The fraction of sp³-hybridized carbons (Fsp3) is 0.417. The number of amides is 1. The Hall–Kier alpha value is -1.06. The van der Waals surface area contributed by atoms with Crippen molar-refractivity contribution in [1.29, 1.82) is 0 Å². The molecule has 0 aromatic heterocycles. The second-order valence-electron chi connectivity index (χ2n) is 4.21. The highest BCUT2D eigenvalue weighted by Gasteiger charge is 2.49. The Bertz CT molecular complexity index is 402. The number of aliphatic hydroxyl groups excluding tert-OH is 1. The number of carbonyl (C=O) groups excluding carboxylic acids is 1. The molecule has 0 spiro atoms. The zero-order valence-electron chi connectivity index (χ0n) is 8.87. The van der Waals surface area contributed by atoms with Crippen LogP contribution in [-0.2, 0) is 11.3 Å². The third kappa shape index (κ3) is 2.20. The molecular formula is C12H14ClNO2. The lowest BCUT2D eigenvalue weighted by Gasteiger charge is -2.12. The molecule has 0 saturated heterocycles. The average molecular weight is 240 g/mol. The largest absolute Gasteiger partial charge is 0.395 e. The Labute approximate surface area is 99.4 Å². The minimum absolute atomic E-state index is 0.0681. The minimum Gasteiger partial charge on any atom is -0.395 e. The third-order valence-electron chi connectivity index (χ3n) is 3.04. The number of carbonyl (C=O) groups is 1. The number of hydrogen-bond donors (Lipinski definition) is 2. The molecule has 1 amide bonds. The first-order chi connectivity index (χ1) is 7.68. The molecule has 4 heteroatoms. The van der Waals surface area contributed by atoms with E-state index in [9.17, 15) is 4.79 Å². The Kier molecular flexibility index (Phi) is 3.17. The predicted molar refractivity (Wildman–Crippen MR) is 62.1 cm³/mol. The molecule has 86 valence electrons. The highest BCUT2D eigenvalue weighted by molar-refractivity contribution is 6.31. The summed E-state index contributed by atoms with van der Waals surface area (Å²) in [6, 6.07) is 7.40. The summed E-state index contributed by atoms with van der Waals surface area (Å²) in [5.41, 5.74) is 0.382. The van der Waals surface area contributed by atoms with Crippen LogP contribution in [0, 0.1) is 5.41 Å². The Morgan fingerprint density at radius 3 is 2.69 bits per heavy atom. The molecule has 0 radical (unpaired) electrons. The van der Waals surface area contributed by atoms with Crippen LogP contribution < -0.4 is 5.32 Å². The van der Waals surface area contributed by atoms with E-state index in [1.165, 1.54) is 0 Å². The van der Waals surface area contributed by atoms with Crippen LogP contribution in [0.1, 0.15) is 18.4 Å². The minimum atomic E-state index is -0.513. The van der Waals surface area contributed by atoms with Gasteiger partial charge in [0.15, 0.2) is 0 Å². The first-order valence-electron chi connectivity index (χ1n) is 5.30. The smallest absolute Gasteiger partial charge is 0.228 e. The van der Waals surface area contributed by atoms with Crippen molar-refractivity contribution >= 4 is 17.5 Å². The summed E-state index contributed by atoms with van der Waals surface area (Å²) < 4.78 is 0. The van der Waals surface area contributed by atoms with E-state index >= 15 is 0 Å². The van der Waals surface area contributed by atoms with E-state index < -0.39 is 5.41 Å². The van der Waals surface area contributed by atoms with Gasteiger partial charge in [-0.05, 0) is 24.5 Å². The van der Waals surface area contributed by atoms with Gasteiger partial charge in [0, 0.05) is 11.6 Å². The first-order valence-corrected chi connectivity index (χ1v) is 5.68. The monoisotopic (exact) mass is 239 g/mol. The highest BCUT2D eigenvalue weighted by atomic mass is 35.5. The van der Waals surface area contributed by atoms with Crippen LogP contribution >= 0.6 is 11.6 Å². The number of hydrogen-bond acceptors (Lipinski definition) is 2. The fourth-order valence-corrected chi connectivity index (χ4v) is 1.82. The molecule has 0 heterocycles. The van der Waals surface area contributed by atoms with E-state index in [1.54, 1.807) is 6.07 Å². The molecule has 0 bridgehead atoms. The van der Waals surface area contributed by atoms with Gasteiger partial charge in [-0.2, -0.15) is 0 Å². The van der Waals surface area contributed by atoms with Crippen molar-refractivity contribution < 1.29 is 9.90 Å². The summed E-state index contributed by atoms with van der Waals surface area (Å²) in [5, 5.41) is 12.6. The maximum atomic E-state index is 11.7. The fourth-order valence-electron chi connectivity index (χ4n) is 1.61. The number of halogens is 1. The van der Waals surface area contributed by atoms with Crippen molar-refractivity contribution in [2.75, 3.05) is 6.61 Å². The molecule has 16 heavy (non-hydrogen) atoms. The Morgan fingerprint density at radius 2 is 2.12 bits per heavy atom. The Morgan fingerprint density at radius 1 is 1.44 bits per heavy atom. The highest BCUT2D eigenvalue weighted by Crippen LogP contribution is 2.45.